The van der Waals surface area contributed by atoms with Crippen molar-refractivity contribution in [1.82, 2.24) is 4.98 Å². The van der Waals surface area contributed by atoms with Gasteiger partial charge < -0.3 is 10.2 Å². The van der Waals surface area contributed by atoms with E-state index in [0.717, 1.165) is 11.3 Å². The minimum atomic E-state index is -1.12. The van der Waals surface area contributed by atoms with Crippen molar-refractivity contribution in [3.8, 4) is 11.3 Å². The number of aliphatic hydroxyl groups excluding tert-OH is 2. The molecule has 2 aromatic rings. The Morgan fingerprint density at radius 2 is 1.90 bits per heavy atom. The van der Waals surface area contributed by atoms with E-state index in [0.29, 0.717) is 5.56 Å². The zero-order valence-corrected chi connectivity index (χ0v) is 10.7. The Labute approximate surface area is 116 Å². The van der Waals surface area contributed by atoms with Crippen molar-refractivity contribution in [2.45, 2.75) is 12.2 Å². The largest absolute Gasteiger partial charge is 0.390 e. The molecule has 2 rings (SSSR count). The van der Waals surface area contributed by atoms with Crippen molar-refractivity contribution in [3.05, 3.63) is 64.7 Å². The van der Waals surface area contributed by atoms with Gasteiger partial charge in [0, 0.05) is 16.7 Å². The van der Waals surface area contributed by atoms with E-state index in [1.807, 2.05) is 30.3 Å². The van der Waals surface area contributed by atoms with E-state index in [2.05, 4.69) is 15.0 Å². The minimum absolute atomic E-state index is 0.167. The molecule has 2 N–H and O–H groups in total. The second-order valence-electron chi connectivity index (χ2n) is 4.26. The highest BCUT2D eigenvalue weighted by atomic mass is 16.3. The van der Waals surface area contributed by atoms with Crippen LogP contribution in [0.15, 0.2) is 53.8 Å². The Kier molecular flexibility index (Phi) is 4.68. The summed E-state index contributed by atoms with van der Waals surface area (Å²) in [5, 5.41) is 22.8. The van der Waals surface area contributed by atoms with E-state index in [4.69, 9.17) is 5.53 Å². The quantitative estimate of drug-likeness (QED) is 0.495. The molecule has 0 fully saturated rings. The maximum Gasteiger partial charge on any atom is 0.105 e. The van der Waals surface area contributed by atoms with Gasteiger partial charge in [-0.2, -0.15) is 0 Å². The molecule has 2 atom stereocenters. The molecule has 0 spiro atoms. The molecule has 1 aromatic heterocycles. The standard InChI is InChI=1S/C14H14N4O2/c15-18-17-9-13(19)14(20)11-6-4-10(5-7-11)12-3-1-2-8-16-12/h1-8,13-14,19-20H,9H2. The number of hydrogen-bond donors (Lipinski definition) is 2. The molecule has 0 saturated carbocycles. The van der Waals surface area contributed by atoms with Crippen molar-refractivity contribution in [3.63, 3.8) is 0 Å². The van der Waals surface area contributed by atoms with Gasteiger partial charge in [0.25, 0.3) is 0 Å². The summed E-state index contributed by atoms with van der Waals surface area (Å²) in [5.74, 6) is 0. The molecule has 6 nitrogen and oxygen atoms in total. The molecule has 0 bridgehead atoms. The molecule has 20 heavy (non-hydrogen) atoms. The third-order valence-corrected chi connectivity index (χ3v) is 2.91. The highest BCUT2D eigenvalue weighted by Gasteiger charge is 2.17. The van der Waals surface area contributed by atoms with Crippen LogP contribution in [-0.2, 0) is 0 Å². The second-order valence-corrected chi connectivity index (χ2v) is 4.26. The van der Waals surface area contributed by atoms with E-state index < -0.39 is 12.2 Å². The van der Waals surface area contributed by atoms with Gasteiger partial charge in [-0.1, -0.05) is 35.4 Å². The number of pyridine rings is 1. The molecular formula is C14H14N4O2. The molecular weight excluding hydrogens is 256 g/mol. The summed E-state index contributed by atoms with van der Waals surface area (Å²) in [4.78, 5) is 6.78. The van der Waals surface area contributed by atoms with Gasteiger partial charge in [0.1, 0.15) is 6.10 Å². The number of benzene rings is 1. The lowest BCUT2D eigenvalue weighted by Crippen LogP contribution is -2.21. The Hall–Kier alpha value is -2.40. The minimum Gasteiger partial charge on any atom is -0.390 e. The fourth-order valence-corrected chi connectivity index (χ4v) is 1.83. The van der Waals surface area contributed by atoms with Crippen LogP contribution in [-0.4, -0.2) is 27.8 Å². The first kappa shape index (κ1) is 14.0. The average Bonchev–Trinajstić information content (AvgIpc) is 2.53. The fraction of sp³-hybridized carbons (Fsp3) is 0.214. The smallest absolute Gasteiger partial charge is 0.105 e. The van der Waals surface area contributed by atoms with Gasteiger partial charge in [0.2, 0.25) is 0 Å². The third-order valence-electron chi connectivity index (χ3n) is 2.91. The third kappa shape index (κ3) is 3.33. The number of hydrogen-bond acceptors (Lipinski definition) is 4. The van der Waals surface area contributed by atoms with E-state index in [1.165, 1.54) is 0 Å². The zero-order chi connectivity index (χ0) is 14.4. The number of rotatable bonds is 5. The Balaban J connectivity index is 2.14. The summed E-state index contributed by atoms with van der Waals surface area (Å²) in [6.07, 6.45) is -0.494. The van der Waals surface area contributed by atoms with Crippen LogP contribution in [0.5, 0.6) is 0 Å². The van der Waals surface area contributed by atoms with Crippen molar-refractivity contribution < 1.29 is 10.2 Å². The second kappa shape index (κ2) is 6.68. The van der Waals surface area contributed by atoms with Gasteiger partial charge in [-0.05, 0) is 23.2 Å². The van der Waals surface area contributed by atoms with Crippen LogP contribution < -0.4 is 0 Å². The van der Waals surface area contributed by atoms with Crippen molar-refractivity contribution in [1.29, 1.82) is 0 Å². The molecule has 0 radical (unpaired) electrons. The first-order valence-corrected chi connectivity index (χ1v) is 6.10. The van der Waals surface area contributed by atoms with Gasteiger partial charge in [0.05, 0.1) is 18.3 Å². The molecule has 0 aliphatic rings. The van der Waals surface area contributed by atoms with Crippen LogP contribution >= 0.6 is 0 Å². The molecule has 6 heteroatoms. The van der Waals surface area contributed by atoms with Crippen LogP contribution in [0, 0.1) is 0 Å². The Morgan fingerprint density at radius 3 is 2.50 bits per heavy atom. The molecule has 0 aliphatic heterocycles. The molecule has 2 unspecified atom stereocenters. The molecule has 1 aromatic carbocycles. The number of aromatic nitrogens is 1. The zero-order valence-electron chi connectivity index (χ0n) is 10.7. The normalized spacial score (nSPS) is 13.3. The molecule has 0 amide bonds. The van der Waals surface area contributed by atoms with Crippen LogP contribution in [0.25, 0.3) is 21.7 Å². The number of azide groups is 1. The summed E-state index contributed by atoms with van der Waals surface area (Å²) in [6.45, 7) is -0.167. The highest BCUT2D eigenvalue weighted by Crippen LogP contribution is 2.22. The summed E-state index contributed by atoms with van der Waals surface area (Å²) in [7, 11) is 0. The number of nitrogens with zero attached hydrogens (tertiary/aromatic N) is 4. The van der Waals surface area contributed by atoms with Crippen molar-refractivity contribution in [2.24, 2.45) is 5.11 Å². The summed E-state index contributed by atoms with van der Waals surface area (Å²) < 4.78 is 0. The lowest BCUT2D eigenvalue weighted by Gasteiger charge is -2.16. The molecule has 102 valence electrons. The van der Waals surface area contributed by atoms with E-state index in [9.17, 15) is 10.2 Å². The van der Waals surface area contributed by atoms with Crippen LogP contribution in [0.2, 0.25) is 0 Å². The molecule has 1 heterocycles. The first-order chi connectivity index (χ1) is 9.72. The van der Waals surface area contributed by atoms with E-state index >= 15 is 0 Å². The average molecular weight is 270 g/mol. The van der Waals surface area contributed by atoms with E-state index in [1.54, 1.807) is 18.3 Å². The monoisotopic (exact) mass is 270 g/mol. The molecule has 0 aliphatic carbocycles. The first-order valence-electron chi connectivity index (χ1n) is 6.10. The molecule has 0 saturated heterocycles. The van der Waals surface area contributed by atoms with Crippen LogP contribution in [0.3, 0.4) is 0 Å². The van der Waals surface area contributed by atoms with Crippen molar-refractivity contribution >= 4 is 0 Å². The van der Waals surface area contributed by atoms with Gasteiger partial charge in [-0.25, -0.2) is 0 Å². The SMILES string of the molecule is [N-]=[N+]=NCC(O)C(O)c1ccc(-c2ccccn2)cc1. The Morgan fingerprint density at radius 1 is 1.15 bits per heavy atom. The predicted molar refractivity (Wildman–Crippen MR) is 74.7 cm³/mol. The van der Waals surface area contributed by atoms with Gasteiger partial charge in [-0.3, -0.25) is 4.98 Å². The maximum atomic E-state index is 9.93. The number of aliphatic hydroxyl groups is 2. The summed E-state index contributed by atoms with van der Waals surface area (Å²) in [6, 6.07) is 12.7. The van der Waals surface area contributed by atoms with Gasteiger partial charge in [-0.15, -0.1) is 0 Å². The fourth-order valence-electron chi connectivity index (χ4n) is 1.83. The topological polar surface area (TPSA) is 102 Å². The highest BCUT2D eigenvalue weighted by molar-refractivity contribution is 5.59. The van der Waals surface area contributed by atoms with E-state index in [-0.39, 0.29) is 6.54 Å². The predicted octanol–water partition coefficient (Wildman–Crippen LogP) is 2.45. The summed E-state index contributed by atoms with van der Waals surface area (Å²) in [5.41, 5.74) is 10.5. The van der Waals surface area contributed by atoms with Crippen LogP contribution in [0.4, 0.5) is 0 Å². The van der Waals surface area contributed by atoms with Gasteiger partial charge >= 0.3 is 0 Å². The lowest BCUT2D eigenvalue weighted by atomic mass is 10.0. The maximum absolute atomic E-state index is 9.93. The van der Waals surface area contributed by atoms with Crippen molar-refractivity contribution in [2.75, 3.05) is 6.54 Å². The Bertz CT molecular complexity index is 594. The summed E-state index contributed by atoms with van der Waals surface area (Å²) >= 11 is 0. The van der Waals surface area contributed by atoms with Crippen LogP contribution in [0.1, 0.15) is 11.7 Å². The lowest BCUT2D eigenvalue weighted by molar-refractivity contribution is 0.0244. The van der Waals surface area contributed by atoms with Gasteiger partial charge in [0.15, 0.2) is 0 Å².